The van der Waals surface area contributed by atoms with Crippen molar-refractivity contribution in [2.45, 2.75) is 32.6 Å². The SMILES string of the molecule is CCCc1ccccc1-n1cc(CCCO)nn1. The zero-order chi connectivity index (χ0) is 12.8. The standard InChI is InChI=1S/C14H19N3O/c1-2-6-12-7-3-4-9-14(12)17-11-13(15-16-17)8-5-10-18/h3-4,7,9,11,18H,2,5-6,8,10H2,1H3. The quantitative estimate of drug-likeness (QED) is 0.848. The molecule has 0 saturated carbocycles. The Balaban J connectivity index is 2.22. The van der Waals surface area contributed by atoms with E-state index < -0.39 is 0 Å². The van der Waals surface area contributed by atoms with E-state index in [0.717, 1.165) is 37.1 Å². The molecule has 0 spiro atoms. The molecule has 4 heteroatoms. The Labute approximate surface area is 107 Å². The fraction of sp³-hybridized carbons (Fsp3) is 0.429. The monoisotopic (exact) mass is 245 g/mol. The minimum atomic E-state index is 0.194. The second-order valence-electron chi connectivity index (χ2n) is 4.36. The number of aromatic nitrogens is 3. The molecule has 0 unspecified atom stereocenters. The normalized spacial score (nSPS) is 10.8. The molecule has 0 aliphatic rings. The second-order valence-corrected chi connectivity index (χ2v) is 4.36. The third-order valence-corrected chi connectivity index (χ3v) is 2.89. The molecule has 4 nitrogen and oxygen atoms in total. The van der Waals surface area contributed by atoms with Gasteiger partial charge in [0, 0.05) is 6.61 Å². The van der Waals surface area contributed by atoms with Crippen LogP contribution in [0.2, 0.25) is 0 Å². The number of aliphatic hydroxyl groups is 1. The Bertz CT molecular complexity index is 493. The van der Waals surface area contributed by atoms with Gasteiger partial charge in [-0.3, -0.25) is 0 Å². The summed E-state index contributed by atoms with van der Waals surface area (Å²) in [6.07, 6.45) is 5.61. The van der Waals surface area contributed by atoms with E-state index in [9.17, 15) is 0 Å². The number of para-hydroxylation sites is 1. The van der Waals surface area contributed by atoms with Crippen LogP contribution in [0, 0.1) is 0 Å². The van der Waals surface area contributed by atoms with E-state index in [2.05, 4.69) is 35.4 Å². The number of rotatable bonds is 6. The molecule has 2 aromatic rings. The fourth-order valence-corrected chi connectivity index (χ4v) is 2.01. The van der Waals surface area contributed by atoms with Crippen LogP contribution >= 0.6 is 0 Å². The van der Waals surface area contributed by atoms with Gasteiger partial charge in [-0.2, -0.15) is 0 Å². The second kappa shape index (κ2) is 6.31. The highest BCUT2D eigenvalue weighted by molar-refractivity contribution is 5.40. The first-order chi connectivity index (χ1) is 8.85. The van der Waals surface area contributed by atoms with Gasteiger partial charge in [0.05, 0.1) is 17.6 Å². The van der Waals surface area contributed by atoms with Gasteiger partial charge in [-0.1, -0.05) is 36.8 Å². The number of aliphatic hydroxyl groups excluding tert-OH is 1. The third kappa shape index (κ3) is 2.96. The molecule has 18 heavy (non-hydrogen) atoms. The molecule has 0 aliphatic heterocycles. The van der Waals surface area contributed by atoms with Gasteiger partial charge in [0.1, 0.15) is 0 Å². The molecule has 1 N–H and O–H groups in total. The van der Waals surface area contributed by atoms with Crippen molar-refractivity contribution in [2.24, 2.45) is 0 Å². The van der Waals surface area contributed by atoms with E-state index in [1.807, 2.05) is 16.9 Å². The molecular weight excluding hydrogens is 226 g/mol. The van der Waals surface area contributed by atoms with E-state index in [1.165, 1.54) is 5.56 Å². The summed E-state index contributed by atoms with van der Waals surface area (Å²) in [6, 6.07) is 8.27. The van der Waals surface area contributed by atoms with Crippen LogP contribution in [0.5, 0.6) is 0 Å². The third-order valence-electron chi connectivity index (χ3n) is 2.89. The van der Waals surface area contributed by atoms with Crippen molar-refractivity contribution in [2.75, 3.05) is 6.61 Å². The summed E-state index contributed by atoms with van der Waals surface area (Å²) in [6.45, 7) is 2.37. The number of hydrogen-bond donors (Lipinski definition) is 1. The zero-order valence-corrected chi connectivity index (χ0v) is 10.7. The van der Waals surface area contributed by atoms with Crippen molar-refractivity contribution in [3.8, 4) is 5.69 Å². The Morgan fingerprint density at radius 2 is 2.06 bits per heavy atom. The molecular formula is C14H19N3O. The van der Waals surface area contributed by atoms with Crippen molar-refractivity contribution in [3.63, 3.8) is 0 Å². The van der Waals surface area contributed by atoms with Crippen LogP contribution in [-0.4, -0.2) is 26.7 Å². The molecule has 1 heterocycles. The molecule has 0 aliphatic carbocycles. The zero-order valence-electron chi connectivity index (χ0n) is 10.7. The summed E-state index contributed by atoms with van der Waals surface area (Å²) in [5.41, 5.74) is 3.32. The number of nitrogens with zero attached hydrogens (tertiary/aromatic N) is 3. The average molecular weight is 245 g/mol. The predicted octanol–water partition coefficient (Wildman–Crippen LogP) is 2.14. The highest BCUT2D eigenvalue weighted by atomic mass is 16.2. The molecule has 2 rings (SSSR count). The van der Waals surface area contributed by atoms with Crippen molar-refractivity contribution in [1.29, 1.82) is 0 Å². The fourth-order valence-electron chi connectivity index (χ4n) is 2.01. The largest absolute Gasteiger partial charge is 0.396 e. The van der Waals surface area contributed by atoms with Crippen molar-refractivity contribution in [3.05, 3.63) is 41.7 Å². The van der Waals surface area contributed by atoms with Crippen LogP contribution in [0.15, 0.2) is 30.5 Å². The van der Waals surface area contributed by atoms with Crippen LogP contribution in [0.25, 0.3) is 5.69 Å². The van der Waals surface area contributed by atoms with Gasteiger partial charge in [0.15, 0.2) is 0 Å². The average Bonchev–Trinajstić information content (AvgIpc) is 2.86. The maximum absolute atomic E-state index is 8.81. The Morgan fingerprint density at radius 1 is 1.22 bits per heavy atom. The summed E-state index contributed by atoms with van der Waals surface area (Å²) in [5.74, 6) is 0. The van der Waals surface area contributed by atoms with Gasteiger partial charge in [0.2, 0.25) is 0 Å². The molecule has 0 amide bonds. The van der Waals surface area contributed by atoms with Gasteiger partial charge in [-0.15, -0.1) is 5.10 Å². The lowest BCUT2D eigenvalue weighted by atomic mass is 10.1. The van der Waals surface area contributed by atoms with Crippen LogP contribution in [0.3, 0.4) is 0 Å². The van der Waals surface area contributed by atoms with Crippen molar-refractivity contribution < 1.29 is 5.11 Å². The summed E-state index contributed by atoms with van der Waals surface area (Å²) in [4.78, 5) is 0. The lowest BCUT2D eigenvalue weighted by Crippen LogP contribution is -2.00. The maximum Gasteiger partial charge on any atom is 0.0832 e. The van der Waals surface area contributed by atoms with Crippen LogP contribution in [0.4, 0.5) is 0 Å². The molecule has 0 fully saturated rings. The molecule has 0 atom stereocenters. The first kappa shape index (κ1) is 12.8. The van der Waals surface area contributed by atoms with E-state index in [4.69, 9.17) is 5.11 Å². The summed E-state index contributed by atoms with van der Waals surface area (Å²) in [7, 11) is 0. The highest BCUT2D eigenvalue weighted by Crippen LogP contribution is 2.15. The van der Waals surface area contributed by atoms with E-state index >= 15 is 0 Å². The first-order valence-corrected chi connectivity index (χ1v) is 6.45. The smallest absolute Gasteiger partial charge is 0.0832 e. The molecule has 1 aromatic carbocycles. The lowest BCUT2D eigenvalue weighted by Gasteiger charge is -2.07. The maximum atomic E-state index is 8.81. The molecule has 96 valence electrons. The van der Waals surface area contributed by atoms with Crippen LogP contribution < -0.4 is 0 Å². The highest BCUT2D eigenvalue weighted by Gasteiger charge is 2.06. The molecule has 0 radical (unpaired) electrons. The van der Waals surface area contributed by atoms with Crippen molar-refractivity contribution >= 4 is 0 Å². The summed E-state index contributed by atoms with van der Waals surface area (Å²) >= 11 is 0. The van der Waals surface area contributed by atoms with Crippen LogP contribution in [0.1, 0.15) is 31.0 Å². The topological polar surface area (TPSA) is 50.9 Å². The molecule has 0 bridgehead atoms. The Morgan fingerprint density at radius 3 is 2.83 bits per heavy atom. The number of hydrogen-bond acceptors (Lipinski definition) is 3. The van der Waals surface area contributed by atoms with Crippen LogP contribution in [-0.2, 0) is 12.8 Å². The number of benzene rings is 1. The number of aryl methyl sites for hydroxylation is 2. The first-order valence-electron chi connectivity index (χ1n) is 6.45. The Kier molecular flexibility index (Phi) is 4.47. The van der Waals surface area contributed by atoms with Gasteiger partial charge in [-0.05, 0) is 30.9 Å². The predicted molar refractivity (Wildman–Crippen MR) is 70.8 cm³/mol. The van der Waals surface area contributed by atoms with E-state index in [0.29, 0.717) is 0 Å². The minimum Gasteiger partial charge on any atom is -0.396 e. The van der Waals surface area contributed by atoms with Gasteiger partial charge in [0.25, 0.3) is 0 Å². The Hall–Kier alpha value is -1.68. The molecule has 1 aromatic heterocycles. The van der Waals surface area contributed by atoms with Gasteiger partial charge >= 0.3 is 0 Å². The summed E-state index contributed by atoms with van der Waals surface area (Å²) < 4.78 is 1.83. The lowest BCUT2D eigenvalue weighted by molar-refractivity contribution is 0.288. The van der Waals surface area contributed by atoms with E-state index in [1.54, 1.807) is 0 Å². The van der Waals surface area contributed by atoms with Gasteiger partial charge < -0.3 is 5.11 Å². The minimum absolute atomic E-state index is 0.194. The summed E-state index contributed by atoms with van der Waals surface area (Å²) in [5, 5.41) is 17.1. The van der Waals surface area contributed by atoms with E-state index in [-0.39, 0.29) is 6.61 Å². The van der Waals surface area contributed by atoms with Gasteiger partial charge in [-0.25, -0.2) is 4.68 Å². The van der Waals surface area contributed by atoms with Crippen molar-refractivity contribution in [1.82, 2.24) is 15.0 Å². The molecule has 0 saturated heterocycles.